The highest BCUT2D eigenvalue weighted by Crippen LogP contribution is 2.13. The van der Waals surface area contributed by atoms with Gasteiger partial charge in [0.05, 0.1) is 5.69 Å². The van der Waals surface area contributed by atoms with Crippen LogP contribution in [-0.2, 0) is 5.33 Å². The molecular weight excluding hydrogens is 265 g/mol. The van der Waals surface area contributed by atoms with E-state index in [1.807, 2.05) is 0 Å². The first-order valence-corrected chi connectivity index (χ1v) is 4.51. The molecule has 0 radical (unpaired) electrons. The summed E-state index contributed by atoms with van der Waals surface area (Å²) >= 11 is 6.22. The maximum Gasteiger partial charge on any atom is 0.146 e. The Kier molecular flexibility index (Phi) is 2.80. The third-order valence-corrected chi connectivity index (χ3v) is 1.98. The van der Waals surface area contributed by atoms with Crippen molar-refractivity contribution in [3.8, 4) is 0 Å². The van der Waals surface area contributed by atoms with Crippen LogP contribution < -0.4 is 0 Å². The topological polar surface area (TPSA) is 12.9 Å². The van der Waals surface area contributed by atoms with Crippen molar-refractivity contribution >= 4 is 31.9 Å². The molecule has 0 atom stereocenters. The van der Waals surface area contributed by atoms with E-state index < -0.39 is 0 Å². The van der Waals surface area contributed by atoms with Gasteiger partial charge in [-0.15, -0.1) is 0 Å². The van der Waals surface area contributed by atoms with Gasteiger partial charge < -0.3 is 0 Å². The number of pyridine rings is 1. The molecule has 1 nitrogen and oxygen atoms in total. The largest absolute Gasteiger partial charge is 0.256 e. The van der Waals surface area contributed by atoms with Gasteiger partial charge in [0.1, 0.15) is 5.82 Å². The summed E-state index contributed by atoms with van der Waals surface area (Å²) in [4.78, 5) is 3.83. The molecule has 0 aromatic carbocycles. The molecular formula is C6H4Br2FN. The van der Waals surface area contributed by atoms with Crippen LogP contribution in [0.1, 0.15) is 5.69 Å². The number of alkyl halides is 1. The van der Waals surface area contributed by atoms with E-state index in [0.29, 0.717) is 15.5 Å². The molecule has 1 rings (SSSR count). The van der Waals surface area contributed by atoms with Gasteiger partial charge >= 0.3 is 0 Å². The molecule has 0 aliphatic carbocycles. The predicted molar refractivity (Wildman–Crippen MR) is 44.5 cm³/mol. The standard InChI is InChI=1S/C6H4Br2FN/c7-2-6-5(9)1-4(8)3-10-6/h1,3H,2H2. The number of nitrogens with zero attached hydrogens (tertiary/aromatic N) is 1. The van der Waals surface area contributed by atoms with Crippen LogP contribution in [0.5, 0.6) is 0 Å². The monoisotopic (exact) mass is 267 g/mol. The lowest BCUT2D eigenvalue weighted by atomic mass is 10.4. The second-order valence-corrected chi connectivity index (χ2v) is 3.19. The lowest BCUT2D eigenvalue weighted by Gasteiger charge is -1.95. The van der Waals surface area contributed by atoms with E-state index in [4.69, 9.17) is 0 Å². The van der Waals surface area contributed by atoms with Gasteiger partial charge in [0.25, 0.3) is 0 Å². The molecule has 1 heterocycles. The number of hydrogen-bond acceptors (Lipinski definition) is 1. The Labute approximate surface area is 74.9 Å². The summed E-state index contributed by atoms with van der Waals surface area (Å²) in [5, 5.41) is 0.451. The van der Waals surface area contributed by atoms with Crippen molar-refractivity contribution in [2.45, 2.75) is 5.33 Å². The fourth-order valence-electron chi connectivity index (χ4n) is 0.541. The average Bonchev–Trinajstić information content (AvgIpc) is 1.88. The summed E-state index contributed by atoms with van der Waals surface area (Å²) in [6, 6.07) is 1.39. The Morgan fingerprint density at radius 2 is 2.30 bits per heavy atom. The molecule has 1 aromatic rings. The van der Waals surface area contributed by atoms with Gasteiger partial charge in [-0.3, -0.25) is 4.98 Å². The average molecular weight is 269 g/mol. The Morgan fingerprint density at radius 1 is 1.60 bits per heavy atom. The van der Waals surface area contributed by atoms with Crippen molar-refractivity contribution in [3.63, 3.8) is 0 Å². The van der Waals surface area contributed by atoms with Crippen LogP contribution >= 0.6 is 31.9 Å². The summed E-state index contributed by atoms with van der Waals surface area (Å²) in [6.07, 6.45) is 1.57. The van der Waals surface area contributed by atoms with Gasteiger partial charge in [-0.05, 0) is 22.0 Å². The lowest BCUT2D eigenvalue weighted by molar-refractivity contribution is 0.607. The third kappa shape index (κ3) is 1.76. The Morgan fingerprint density at radius 3 is 2.80 bits per heavy atom. The minimum atomic E-state index is -0.286. The van der Waals surface area contributed by atoms with Gasteiger partial charge in [0, 0.05) is 16.0 Å². The summed E-state index contributed by atoms with van der Waals surface area (Å²) in [5.74, 6) is -0.286. The fraction of sp³-hybridized carbons (Fsp3) is 0.167. The fourth-order valence-corrected chi connectivity index (χ4v) is 1.26. The van der Waals surface area contributed by atoms with E-state index in [9.17, 15) is 4.39 Å². The molecule has 54 valence electrons. The first kappa shape index (κ1) is 8.14. The Hall–Kier alpha value is 0.0400. The van der Waals surface area contributed by atoms with E-state index in [1.165, 1.54) is 6.07 Å². The molecule has 10 heavy (non-hydrogen) atoms. The molecule has 0 aliphatic heterocycles. The molecule has 0 amide bonds. The molecule has 0 unspecified atom stereocenters. The van der Waals surface area contributed by atoms with Crippen LogP contribution in [0.25, 0.3) is 0 Å². The summed E-state index contributed by atoms with van der Waals surface area (Å²) in [7, 11) is 0. The molecule has 0 saturated carbocycles. The van der Waals surface area contributed by atoms with Crippen LogP contribution in [0, 0.1) is 5.82 Å². The predicted octanol–water partition coefficient (Wildman–Crippen LogP) is 2.88. The van der Waals surface area contributed by atoms with Gasteiger partial charge in [-0.25, -0.2) is 4.39 Å². The molecule has 0 fully saturated rings. The van der Waals surface area contributed by atoms with Crippen molar-refractivity contribution < 1.29 is 4.39 Å². The minimum absolute atomic E-state index is 0.286. The molecule has 0 saturated heterocycles. The van der Waals surface area contributed by atoms with Crippen LogP contribution in [0.15, 0.2) is 16.7 Å². The highest BCUT2D eigenvalue weighted by Gasteiger charge is 2.00. The number of rotatable bonds is 1. The van der Waals surface area contributed by atoms with Crippen LogP contribution in [-0.4, -0.2) is 4.98 Å². The quantitative estimate of drug-likeness (QED) is 0.714. The molecule has 0 aliphatic rings. The van der Waals surface area contributed by atoms with Crippen molar-refractivity contribution in [1.29, 1.82) is 0 Å². The zero-order valence-corrected chi connectivity index (χ0v) is 8.11. The summed E-state index contributed by atoms with van der Waals surface area (Å²) in [6.45, 7) is 0. The maximum absolute atomic E-state index is 12.7. The van der Waals surface area contributed by atoms with Gasteiger partial charge in [-0.1, -0.05) is 15.9 Å². The van der Waals surface area contributed by atoms with Gasteiger partial charge in [0.2, 0.25) is 0 Å². The Bertz CT molecular complexity index is 239. The normalized spacial score (nSPS) is 9.90. The molecule has 4 heteroatoms. The van der Waals surface area contributed by atoms with Crippen LogP contribution in [0.2, 0.25) is 0 Å². The lowest BCUT2D eigenvalue weighted by Crippen LogP contribution is -1.89. The van der Waals surface area contributed by atoms with Crippen molar-refractivity contribution in [2.75, 3.05) is 0 Å². The maximum atomic E-state index is 12.7. The van der Waals surface area contributed by atoms with Gasteiger partial charge in [0.15, 0.2) is 0 Å². The first-order chi connectivity index (χ1) is 4.74. The SMILES string of the molecule is Fc1cc(Br)cnc1CBr. The zero-order valence-electron chi connectivity index (χ0n) is 4.94. The Balaban J connectivity index is 3.07. The van der Waals surface area contributed by atoms with Crippen molar-refractivity contribution in [2.24, 2.45) is 0 Å². The molecule has 0 spiro atoms. The second-order valence-electron chi connectivity index (χ2n) is 1.72. The molecule has 1 aromatic heterocycles. The van der Waals surface area contributed by atoms with E-state index in [0.717, 1.165) is 0 Å². The second kappa shape index (κ2) is 3.44. The smallest absolute Gasteiger partial charge is 0.146 e. The van der Waals surface area contributed by atoms with E-state index in [1.54, 1.807) is 6.20 Å². The van der Waals surface area contributed by atoms with Gasteiger partial charge in [-0.2, -0.15) is 0 Å². The first-order valence-electron chi connectivity index (χ1n) is 2.60. The summed E-state index contributed by atoms with van der Waals surface area (Å²) < 4.78 is 13.4. The zero-order chi connectivity index (χ0) is 7.56. The van der Waals surface area contributed by atoms with E-state index >= 15 is 0 Å². The highest BCUT2D eigenvalue weighted by molar-refractivity contribution is 9.10. The highest BCUT2D eigenvalue weighted by atomic mass is 79.9. The molecule has 0 N–H and O–H groups in total. The van der Waals surface area contributed by atoms with E-state index in [2.05, 4.69) is 36.8 Å². The molecule has 0 bridgehead atoms. The van der Waals surface area contributed by atoms with Crippen molar-refractivity contribution in [1.82, 2.24) is 4.98 Å². The van der Waals surface area contributed by atoms with E-state index in [-0.39, 0.29) is 5.82 Å². The number of hydrogen-bond donors (Lipinski definition) is 0. The number of aromatic nitrogens is 1. The minimum Gasteiger partial charge on any atom is -0.256 e. The van der Waals surface area contributed by atoms with Crippen LogP contribution in [0.4, 0.5) is 4.39 Å². The van der Waals surface area contributed by atoms with Crippen LogP contribution in [0.3, 0.4) is 0 Å². The van der Waals surface area contributed by atoms with Crippen molar-refractivity contribution in [3.05, 3.63) is 28.2 Å². The third-order valence-electron chi connectivity index (χ3n) is 1.01. The summed E-state index contributed by atoms with van der Waals surface area (Å²) in [5.41, 5.74) is 0.434. The number of halogens is 3.